The fraction of sp³-hybridized carbons (Fsp3) is 0.300. The zero-order chi connectivity index (χ0) is 11.3. The minimum Gasteiger partial charge on any atom is -0.494 e. The van der Waals surface area contributed by atoms with Crippen LogP contribution in [0.15, 0.2) is 18.2 Å². The molecule has 0 bridgehead atoms. The van der Waals surface area contributed by atoms with Crippen LogP contribution >= 0.6 is 12.4 Å². The molecule has 1 aromatic carbocycles. The number of ether oxygens (including phenoxy) is 1. The lowest BCUT2D eigenvalue weighted by atomic mass is 10.3. The van der Waals surface area contributed by atoms with Gasteiger partial charge in [-0.1, -0.05) is 0 Å². The molecular weight excluding hydrogens is 235 g/mol. The van der Waals surface area contributed by atoms with E-state index >= 15 is 0 Å². The zero-order valence-electron chi connectivity index (χ0n) is 9.04. The lowest BCUT2D eigenvalue weighted by Crippen LogP contribution is -2.25. The van der Waals surface area contributed by atoms with Crippen molar-refractivity contribution in [2.24, 2.45) is 0 Å². The van der Waals surface area contributed by atoms with Crippen molar-refractivity contribution in [3.63, 3.8) is 0 Å². The maximum Gasteiger partial charge on any atom is 0.238 e. The predicted octanol–water partition coefficient (Wildman–Crippen LogP) is 1.41. The molecular formula is C10H14ClFN2O2. The lowest BCUT2D eigenvalue weighted by molar-refractivity contribution is -0.115. The summed E-state index contributed by atoms with van der Waals surface area (Å²) in [6.07, 6.45) is 0. The number of carbonyl (C=O) groups excluding carboxylic acids is 1. The monoisotopic (exact) mass is 248 g/mol. The van der Waals surface area contributed by atoms with Gasteiger partial charge in [0.05, 0.1) is 19.3 Å². The Hall–Kier alpha value is -1.33. The van der Waals surface area contributed by atoms with Gasteiger partial charge in [0.25, 0.3) is 0 Å². The number of hydrogen-bond donors (Lipinski definition) is 2. The van der Waals surface area contributed by atoms with Gasteiger partial charge in [-0.3, -0.25) is 4.79 Å². The largest absolute Gasteiger partial charge is 0.494 e. The van der Waals surface area contributed by atoms with E-state index in [1.54, 1.807) is 7.05 Å². The van der Waals surface area contributed by atoms with E-state index in [0.29, 0.717) is 11.4 Å². The second-order valence-corrected chi connectivity index (χ2v) is 2.92. The Kier molecular flexibility index (Phi) is 6.44. The topological polar surface area (TPSA) is 50.4 Å². The minimum atomic E-state index is -0.404. The number of benzene rings is 1. The quantitative estimate of drug-likeness (QED) is 0.847. The number of amides is 1. The van der Waals surface area contributed by atoms with Crippen LogP contribution in [-0.4, -0.2) is 26.6 Å². The molecule has 0 saturated carbocycles. The molecule has 4 nitrogen and oxygen atoms in total. The number of nitrogens with one attached hydrogen (secondary N) is 2. The van der Waals surface area contributed by atoms with Crippen molar-refractivity contribution >= 4 is 24.0 Å². The summed E-state index contributed by atoms with van der Waals surface area (Å²) < 4.78 is 17.7. The van der Waals surface area contributed by atoms with Crippen LogP contribution in [0.2, 0.25) is 0 Å². The van der Waals surface area contributed by atoms with Crippen molar-refractivity contribution in [2.45, 2.75) is 0 Å². The molecule has 16 heavy (non-hydrogen) atoms. The highest BCUT2D eigenvalue weighted by Gasteiger charge is 2.07. The third-order valence-corrected chi connectivity index (χ3v) is 1.77. The first-order chi connectivity index (χ1) is 7.17. The van der Waals surface area contributed by atoms with Gasteiger partial charge in [0.15, 0.2) is 0 Å². The number of rotatable bonds is 4. The van der Waals surface area contributed by atoms with E-state index in [4.69, 9.17) is 4.74 Å². The van der Waals surface area contributed by atoms with Crippen LogP contribution < -0.4 is 15.4 Å². The van der Waals surface area contributed by atoms with Crippen LogP contribution in [0.4, 0.5) is 10.1 Å². The van der Waals surface area contributed by atoms with Crippen molar-refractivity contribution in [1.82, 2.24) is 5.32 Å². The Bertz CT molecular complexity index is 361. The summed E-state index contributed by atoms with van der Waals surface area (Å²) >= 11 is 0. The summed E-state index contributed by atoms with van der Waals surface area (Å²) in [4.78, 5) is 11.2. The van der Waals surface area contributed by atoms with Gasteiger partial charge in [-0.05, 0) is 19.2 Å². The number of anilines is 1. The molecule has 0 aliphatic heterocycles. The number of halogens is 2. The Morgan fingerprint density at radius 1 is 1.50 bits per heavy atom. The molecule has 0 radical (unpaired) electrons. The first kappa shape index (κ1) is 14.7. The highest BCUT2D eigenvalue weighted by atomic mass is 35.5. The average Bonchev–Trinajstić information content (AvgIpc) is 2.21. The number of hydrogen-bond acceptors (Lipinski definition) is 3. The average molecular weight is 249 g/mol. The minimum absolute atomic E-state index is 0. The van der Waals surface area contributed by atoms with Crippen LogP contribution in [0.5, 0.6) is 5.75 Å². The van der Waals surface area contributed by atoms with Gasteiger partial charge in [0.2, 0.25) is 5.91 Å². The molecule has 0 spiro atoms. The van der Waals surface area contributed by atoms with Gasteiger partial charge in [-0.2, -0.15) is 0 Å². The van der Waals surface area contributed by atoms with E-state index in [-0.39, 0.29) is 24.9 Å². The van der Waals surface area contributed by atoms with E-state index < -0.39 is 5.82 Å². The van der Waals surface area contributed by atoms with Crippen molar-refractivity contribution in [3.05, 3.63) is 24.0 Å². The summed E-state index contributed by atoms with van der Waals surface area (Å²) in [5, 5.41) is 5.31. The van der Waals surface area contributed by atoms with Crippen LogP contribution in [0.1, 0.15) is 0 Å². The fourth-order valence-electron chi connectivity index (χ4n) is 1.12. The van der Waals surface area contributed by atoms with E-state index in [9.17, 15) is 9.18 Å². The van der Waals surface area contributed by atoms with E-state index in [2.05, 4.69) is 10.6 Å². The highest BCUT2D eigenvalue weighted by molar-refractivity contribution is 5.93. The van der Waals surface area contributed by atoms with E-state index in [1.165, 1.54) is 25.3 Å². The lowest BCUT2D eigenvalue weighted by Gasteiger charge is -2.09. The van der Waals surface area contributed by atoms with Gasteiger partial charge < -0.3 is 15.4 Å². The highest BCUT2D eigenvalue weighted by Crippen LogP contribution is 2.24. The third-order valence-electron chi connectivity index (χ3n) is 1.77. The van der Waals surface area contributed by atoms with Gasteiger partial charge in [-0.25, -0.2) is 4.39 Å². The van der Waals surface area contributed by atoms with Gasteiger partial charge >= 0.3 is 0 Å². The molecule has 0 aliphatic rings. The molecule has 0 aromatic heterocycles. The van der Waals surface area contributed by atoms with Crippen molar-refractivity contribution in [1.29, 1.82) is 0 Å². The summed E-state index contributed by atoms with van der Waals surface area (Å²) in [5.41, 5.74) is 0.458. The molecule has 0 heterocycles. The summed E-state index contributed by atoms with van der Waals surface area (Å²) in [7, 11) is 3.09. The molecule has 6 heteroatoms. The fourth-order valence-corrected chi connectivity index (χ4v) is 1.12. The van der Waals surface area contributed by atoms with Crippen molar-refractivity contribution < 1.29 is 13.9 Å². The number of likely N-dealkylation sites (N-methyl/N-ethyl adjacent to an activating group) is 1. The molecule has 1 rings (SSSR count). The molecule has 0 atom stereocenters. The normalized spacial score (nSPS) is 9.19. The molecule has 1 amide bonds. The molecule has 90 valence electrons. The van der Waals surface area contributed by atoms with E-state index in [1.807, 2.05) is 0 Å². The molecule has 2 N–H and O–H groups in total. The standard InChI is InChI=1S/C10H13FN2O2.ClH/c1-12-6-10(14)13-8-4-3-7(11)5-9(8)15-2;/h3-5,12H,6H2,1-2H3,(H,13,14);1H. The van der Waals surface area contributed by atoms with Crippen LogP contribution in [-0.2, 0) is 4.79 Å². The Morgan fingerprint density at radius 2 is 2.19 bits per heavy atom. The number of methoxy groups -OCH3 is 1. The molecule has 0 saturated heterocycles. The van der Waals surface area contributed by atoms with Gasteiger partial charge in [0.1, 0.15) is 11.6 Å². The molecule has 0 unspecified atom stereocenters. The summed E-state index contributed by atoms with van der Waals surface area (Å²) in [5.74, 6) is -0.305. The van der Waals surface area contributed by atoms with E-state index in [0.717, 1.165) is 0 Å². The van der Waals surface area contributed by atoms with Crippen LogP contribution in [0.3, 0.4) is 0 Å². The SMILES string of the molecule is CNCC(=O)Nc1ccc(F)cc1OC.Cl. The molecule has 0 fully saturated rings. The zero-order valence-corrected chi connectivity index (χ0v) is 9.86. The second-order valence-electron chi connectivity index (χ2n) is 2.92. The van der Waals surface area contributed by atoms with Gasteiger partial charge in [0, 0.05) is 6.07 Å². The predicted molar refractivity (Wildman–Crippen MR) is 62.8 cm³/mol. The molecule has 0 aliphatic carbocycles. The smallest absolute Gasteiger partial charge is 0.238 e. The second kappa shape index (κ2) is 7.03. The Morgan fingerprint density at radius 3 is 2.75 bits per heavy atom. The maximum atomic E-state index is 12.8. The summed E-state index contributed by atoms with van der Waals surface area (Å²) in [6.45, 7) is 0.195. The third kappa shape index (κ3) is 4.04. The van der Waals surface area contributed by atoms with Crippen molar-refractivity contribution in [2.75, 3.05) is 26.0 Å². The Labute approximate surface area is 99.6 Å². The van der Waals surface area contributed by atoms with Crippen LogP contribution in [0, 0.1) is 5.82 Å². The summed E-state index contributed by atoms with van der Waals surface area (Å²) in [6, 6.07) is 3.94. The molecule has 1 aromatic rings. The van der Waals surface area contributed by atoms with Crippen molar-refractivity contribution in [3.8, 4) is 5.75 Å². The Balaban J connectivity index is 0.00000225. The maximum absolute atomic E-state index is 12.8. The number of carbonyl (C=O) groups is 1. The van der Waals surface area contributed by atoms with Crippen LogP contribution in [0.25, 0.3) is 0 Å². The first-order valence-electron chi connectivity index (χ1n) is 4.45. The van der Waals surface area contributed by atoms with Gasteiger partial charge in [-0.15, -0.1) is 12.4 Å². The first-order valence-corrected chi connectivity index (χ1v) is 4.45.